The number of carbonyl (C=O) groups excluding carboxylic acids is 2. The quantitative estimate of drug-likeness (QED) is 0.481. The van der Waals surface area contributed by atoms with Crippen LogP contribution in [0, 0.1) is 46.3 Å². The number of aliphatic hydroxyl groups is 1. The Balaban J connectivity index is 1.67. The number of allylic oxidation sites excluding steroid dienone is 2. The van der Waals surface area contributed by atoms with Gasteiger partial charge < -0.3 is 9.84 Å². The molecular formula is C27H42O4. The van der Waals surface area contributed by atoms with Gasteiger partial charge in [-0.1, -0.05) is 26.8 Å². The summed E-state index contributed by atoms with van der Waals surface area (Å²) >= 11 is 0. The highest BCUT2D eigenvalue weighted by atomic mass is 16.5. The summed E-state index contributed by atoms with van der Waals surface area (Å²) in [5.41, 5.74) is 0.341. The Bertz CT molecular complexity index is 851. The van der Waals surface area contributed by atoms with Crippen molar-refractivity contribution in [3.05, 3.63) is 11.6 Å². The van der Waals surface area contributed by atoms with Gasteiger partial charge in [-0.15, -0.1) is 0 Å². The van der Waals surface area contributed by atoms with Crippen LogP contribution in [0.5, 0.6) is 0 Å². The molecule has 31 heavy (non-hydrogen) atoms. The summed E-state index contributed by atoms with van der Waals surface area (Å²) < 4.78 is 28.5. The maximum Gasteiger partial charge on any atom is 0.305 e. The van der Waals surface area contributed by atoms with Gasteiger partial charge in [-0.3, -0.25) is 9.59 Å². The number of hydrogen-bond donors (Lipinski definition) is 1. The maximum atomic E-state index is 14.1. The number of methoxy groups -OCH3 is 1. The zero-order valence-electron chi connectivity index (χ0n) is 22.7. The Morgan fingerprint density at radius 1 is 1.23 bits per heavy atom. The van der Waals surface area contributed by atoms with Gasteiger partial charge in [0.25, 0.3) is 0 Å². The van der Waals surface area contributed by atoms with Crippen molar-refractivity contribution in [2.24, 2.45) is 46.3 Å². The second kappa shape index (κ2) is 8.32. The molecule has 0 aliphatic heterocycles. The number of ketones is 1. The van der Waals surface area contributed by atoms with E-state index in [0.717, 1.165) is 44.9 Å². The summed E-state index contributed by atoms with van der Waals surface area (Å²) in [6.07, 6.45) is 8.15. The van der Waals surface area contributed by atoms with Gasteiger partial charge in [0.2, 0.25) is 0 Å². The molecule has 4 heteroatoms. The van der Waals surface area contributed by atoms with Crippen LogP contribution in [-0.4, -0.2) is 30.1 Å². The highest BCUT2D eigenvalue weighted by molar-refractivity contribution is 5.99. The molecule has 0 amide bonds. The third-order valence-corrected chi connectivity index (χ3v) is 10.3. The van der Waals surface area contributed by atoms with Crippen molar-refractivity contribution in [1.29, 1.82) is 0 Å². The molecule has 4 aliphatic carbocycles. The number of carbonyl (C=O) groups is 2. The minimum atomic E-state index is -2.31. The van der Waals surface area contributed by atoms with Crippen molar-refractivity contribution >= 4 is 11.8 Å². The highest BCUT2D eigenvalue weighted by Gasteiger charge is 2.64. The number of Topliss-reactive ketones (excluding diaryl/α,β-unsaturated/α-hetero) is 1. The average molecular weight is 434 g/mol. The highest BCUT2D eigenvalue weighted by Crippen LogP contribution is 2.68. The molecule has 1 N–H and O–H groups in total. The fraction of sp³-hybridized carbons (Fsp3) is 0.852. The van der Waals surface area contributed by atoms with E-state index in [0.29, 0.717) is 30.3 Å². The molecule has 0 aromatic carbocycles. The molecule has 0 unspecified atom stereocenters. The summed E-state index contributed by atoms with van der Waals surface area (Å²) in [5.74, 6) is 0.863. The second-order valence-electron chi connectivity index (χ2n) is 11.5. The average Bonchev–Trinajstić information content (AvgIpc) is 3.12. The lowest BCUT2D eigenvalue weighted by molar-refractivity contribution is -0.150. The van der Waals surface area contributed by atoms with Gasteiger partial charge >= 0.3 is 5.97 Å². The van der Waals surface area contributed by atoms with Crippen molar-refractivity contribution in [2.75, 3.05) is 7.11 Å². The topological polar surface area (TPSA) is 63.6 Å². The third kappa shape index (κ3) is 3.52. The van der Waals surface area contributed by atoms with Gasteiger partial charge in [-0.05, 0) is 104 Å². The van der Waals surface area contributed by atoms with E-state index in [-0.39, 0.29) is 46.3 Å². The Morgan fingerprint density at radius 3 is 2.65 bits per heavy atom. The van der Waals surface area contributed by atoms with E-state index >= 15 is 0 Å². The van der Waals surface area contributed by atoms with Crippen LogP contribution < -0.4 is 0 Å². The van der Waals surface area contributed by atoms with Crippen molar-refractivity contribution in [2.45, 2.75) is 91.5 Å². The zero-order chi connectivity index (χ0) is 25.1. The molecule has 0 heterocycles. The Morgan fingerprint density at radius 2 is 1.94 bits per heavy atom. The van der Waals surface area contributed by atoms with Crippen molar-refractivity contribution < 1.29 is 23.5 Å². The van der Waals surface area contributed by atoms with E-state index in [1.165, 1.54) is 13.2 Å². The molecule has 0 spiro atoms. The second-order valence-corrected chi connectivity index (χ2v) is 11.5. The summed E-state index contributed by atoms with van der Waals surface area (Å²) in [5, 5.41) is 10.4. The van der Waals surface area contributed by atoms with E-state index in [1.54, 1.807) is 0 Å². The van der Waals surface area contributed by atoms with E-state index in [9.17, 15) is 14.7 Å². The molecule has 0 aromatic heterocycles. The lowest BCUT2D eigenvalue weighted by Crippen LogP contribution is -2.58. The summed E-state index contributed by atoms with van der Waals surface area (Å²) in [6, 6.07) is 0. The van der Waals surface area contributed by atoms with Crippen molar-refractivity contribution in [3.8, 4) is 0 Å². The van der Waals surface area contributed by atoms with E-state index in [4.69, 9.17) is 8.85 Å². The lowest BCUT2D eigenvalue weighted by atomic mass is 9.43. The smallest absolute Gasteiger partial charge is 0.305 e. The van der Waals surface area contributed by atoms with Crippen LogP contribution in [0.1, 0.15) is 89.5 Å². The Kier molecular flexibility index (Phi) is 5.18. The minimum Gasteiger partial charge on any atom is -0.469 e. The number of fused-ring (bicyclic) bond motifs is 5. The van der Waals surface area contributed by atoms with E-state index < -0.39 is 13.0 Å². The molecule has 0 aromatic rings. The molecule has 4 saturated carbocycles. The first-order valence-electron chi connectivity index (χ1n) is 13.8. The maximum absolute atomic E-state index is 14.1. The van der Waals surface area contributed by atoms with Gasteiger partial charge in [-0.2, -0.15) is 0 Å². The standard InChI is InChI=1S/C27H42O4/c1-6-18-22-15-17(28)11-13-27(22,4)21-12-14-26(3)19(16(2)7-10-23(29)31-5)8-9-20(26)24(21)25(18)30/h6,16-17,19-22,24,28H,7-15H2,1-5H3/t16-,17-,19-,20+,21+,22+,24+,26-,27-/m1/s1/i1D3. The third-order valence-electron chi connectivity index (χ3n) is 10.3. The molecule has 174 valence electrons. The zero-order valence-corrected chi connectivity index (χ0v) is 19.7. The number of rotatable bonds is 4. The normalized spacial score (nSPS) is 48.6. The fourth-order valence-corrected chi connectivity index (χ4v) is 8.64. The molecule has 9 atom stereocenters. The SMILES string of the molecule is [2H]C([2H])([2H])C=C1C(=O)[C@@H]2[C@H](CC[C@]3(C)[C@@H]([C@H](C)CCC(=O)OC)CC[C@@H]23)[C@@]2(C)CC[C@@H](O)C[C@@H]12. The van der Waals surface area contributed by atoms with Crippen LogP contribution in [0.25, 0.3) is 0 Å². The van der Waals surface area contributed by atoms with Crippen molar-refractivity contribution in [3.63, 3.8) is 0 Å². The predicted octanol–water partition coefficient (Wildman–Crippen LogP) is 5.33. The first kappa shape index (κ1) is 19.3. The monoisotopic (exact) mass is 433 g/mol. The molecule has 0 bridgehead atoms. The molecular weight excluding hydrogens is 388 g/mol. The van der Waals surface area contributed by atoms with Gasteiger partial charge in [0, 0.05) is 16.5 Å². The van der Waals surface area contributed by atoms with Gasteiger partial charge in [0.15, 0.2) is 5.78 Å². The minimum absolute atomic E-state index is 0.0227. The van der Waals surface area contributed by atoms with E-state index in [2.05, 4.69) is 20.8 Å². The Hall–Kier alpha value is -1.16. The first-order chi connectivity index (χ1) is 15.8. The van der Waals surface area contributed by atoms with Gasteiger partial charge in [0.1, 0.15) is 0 Å². The first-order valence-corrected chi connectivity index (χ1v) is 12.3. The van der Waals surface area contributed by atoms with Crippen LogP contribution in [-0.2, 0) is 14.3 Å². The lowest BCUT2D eigenvalue weighted by Gasteiger charge is -2.61. The summed E-state index contributed by atoms with van der Waals surface area (Å²) in [7, 11) is 1.43. The van der Waals surface area contributed by atoms with Crippen LogP contribution in [0.3, 0.4) is 0 Å². The van der Waals surface area contributed by atoms with Crippen LogP contribution >= 0.6 is 0 Å². The number of hydrogen-bond acceptors (Lipinski definition) is 4. The molecule has 4 nitrogen and oxygen atoms in total. The molecule has 4 aliphatic rings. The van der Waals surface area contributed by atoms with Gasteiger partial charge in [0.05, 0.1) is 13.2 Å². The molecule has 4 fully saturated rings. The number of esters is 1. The molecule has 0 saturated heterocycles. The summed E-state index contributed by atoms with van der Waals surface area (Å²) in [6.45, 7) is 4.53. The molecule has 0 radical (unpaired) electrons. The number of ether oxygens (including phenoxy) is 1. The van der Waals surface area contributed by atoms with Gasteiger partial charge in [-0.25, -0.2) is 0 Å². The van der Waals surface area contributed by atoms with Crippen molar-refractivity contribution in [1.82, 2.24) is 0 Å². The number of aliphatic hydroxyl groups excluding tert-OH is 1. The van der Waals surface area contributed by atoms with Crippen LogP contribution in [0.15, 0.2) is 11.6 Å². The molecule has 4 rings (SSSR count). The fourth-order valence-electron chi connectivity index (χ4n) is 8.64. The summed E-state index contributed by atoms with van der Waals surface area (Å²) in [4.78, 5) is 25.8. The Labute approximate surface area is 192 Å². The van der Waals surface area contributed by atoms with Crippen LogP contribution in [0.2, 0.25) is 0 Å². The largest absolute Gasteiger partial charge is 0.469 e. The van der Waals surface area contributed by atoms with Crippen LogP contribution in [0.4, 0.5) is 0 Å². The predicted molar refractivity (Wildman–Crippen MR) is 121 cm³/mol. The van der Waals surface area contributed by atoms with E-state index in [1.807, 2.05) is 0 Å².